The Morgan fingerprint density at radius 3 is 2.09 bits per heavy atom. The molecule has 0 unspecified atom stereocenters. The van der Waals surface area contributed by atoms with Gasteiger partial charge in [-0.2, -0.15) is 0 Å². The van der Waals surface area contributed by atoms with Crippen LogP contribution in [-0.4, -0.2) is 52.9 Å². The molecule has 1 aliphatic rings. The van der Waals surface area contributed by atoms with Crippen LogP contribution in [-0.2, 0) is 11.3 Å². The van der Waals surface area contributed by atoms with E-state index in [0.29, 0.717) is 19.6 Å². The Hall–Kier alpha value is -2.50. The van der Waals surface area contributed by atoms with Crippen LogP contribution in [0.15, 0.2) is 36.4 Å². The molecule has 0 bridgehead atoms. The van der Waals surface area contributed by atoms with Gasteiger partial charge < -0.3 is 9.30 Å². The summed E-state index contributed by atoms with van der Waals surface area (Å²) in [5.74, 6) is 0.333. The van der Waals surface area contributed by atoms with Gasteiger partial charge in [0.2, 0.25) is 0 Å². The van der Waals surface area contributed by atoms with Crippen molar-refractivity contribution in [2.75, 3.05) is 26.3 Å². The largest absolute Gasteiger partial charge is 0.379 e. The van der Waals surface area contributed by atoms with Crippen LogP contribution in [0, 0.1) is 0 Å². The van der Waals surface area contributed by atoms with E-state index in [-0.39, 0.29) is 11.6 Å². The molecule has 0 aliphatic carbocycles. The van der Waals surface area contributed by atoms with Crippen molar-refractivity contribution in [2.45, 2.75) is 78.3 Å². The van der Waals surface area contributed by atoms with Gasteiger partial charge in [-0.1, -0.05) is 32.6 Å². The first-order valence-electron chi connectivity index (χ1n) is 13.3. The zero-order valence-corrected chi connectivity index (χ0v) is 21.9. The topological polar surface area (TPSA) is 51.5 Å². The Labute approximate surface area is 209 Å². The van der Waals surface area contributed by atoms with E-state index in [2.05, 4.69) is 35.4 Å². The Morgan fingerprint density at radius 2 is 1.46 bits per heavy atom. The lowest BCUT2D eigenvalue weighted by molar-refractivity contribution is -0.00429. The highest BCUT2D eigenvalue weighted by Crippen LogP contribution is 2.32. The van der Waals surface area contributed by atoms with Gasteiger partial charge in [0.1, 0.15) is 0 Å². The van der Waals surface area contributed by atoms with Gasteiger partial charge in [0.25, 0.3) is 0 Å². The number of carbonyl (C=O) groups is 2. The molecule has 35 heavy (non-hydrogen) atoms. The van der Waals surface area contributed by atoms with Crippen molar-refractivity contribution in [3.8, 4) is 0 Å². The number of nitrogens with zero attached hydrogens (tertiary/aromatic N) is 2. The van der Waals surface area contributed by atoms with Crippen LogP contribution in [0.25, 0.3) is 21.8 Å². The van der Waals surface area contributed by atoms with Crippen molar-refractivity contribution in [2.24, 2.45) is 0 Å². The van der Waals surface area contributed by atoms with Crippen LogP contribution >= 0.6 is 0 Å². The highest BCUT2D eigenvalue weighted by atomic mass is 16.5. The molecule has 5 nitrogen and oxygen atoms in total. The van der Waals surface area contributed by atoms with E-state index in [9.17, 15) is 9.59 Å². The van der Waals surface area contributed by atoms with Crippen molar-refractivity contribution in [3.05, 3.63) is 47.5 Å². The van der Waals surface area contributed by atoms with E-state index in [1.165, 1.54) is 19.3 Å². The first-order valence-corrected chi connectivity index (χ1v) is 13.3. The second-order valence-corrected chi connectivity index (χ2v) is 10.3. The second kappa shape index (κ2) is 11.0. The maximum absolute atomic E-state index is 13.6. The van der Waals surface area contributed by atoms with E-state index in [1.54, 1.807) is 0 Å². The highest BCUT2D eigenvalue weighted by Gasteiger charge is 2.36. The SMILES string of the molecule is CCCCCCCC(=O)c1ccc2c(c1)c1cc(C(=O)C(C)(C)N3CCOCC3)ccc1n2CC. The predicted octanol–water partition coefficient (Wildman–Crippen LogP) is 6.65. The van der Waals surface area contributed by atoms with Crippen LogP contribution < -0.4 is 0 Å². The average Bonchev–Trinajstić information content (AvgIpc) is 3.20. The number of morpholine rings is 1. The van der Waals surface area contributed by atoms with Crippen LogP contribution in [0.2, 0.25) is 0 Å². The summed E-state index contributed by atoms with van der Waals surface area (Å²) in [5.41, 5.74) is 3.11. The maximum atomic E-state index is 13.6. The third kappa shape index (κ3) is 5.22. The molecule has 1 aliphatic heterocycles. The van der Waals surface area contributed by atoms with Crippen molar-refractivity contribution in [1.29, 1.82) is 0 Å². The van der Waals surface area contributed by atoms with E-state index in [0.717, 1.165) is 65.4 Å². The molecule has 2 heterocycles. The minimum absolute atomic E-state index is 0.123. The van der Waals surface area contributed by atoms with E-state index < -0.39 is 5.54 Å². The number of ether oxygens (including phenoxy) is 1. The molecule has 0 radical (unpaired) electrons. The zero-order chi connectivity index (χ0) is 25.0. The third-order valence-corrected chi connectivity index (χ3v) is 7.63. The summed E-state index contributed by atoms with van der Waals surface area (Å²) in [6, 6.07) is 12.1. The second-order valence-electron chi connectivity index (χ2n) is 10.3. The summed E-state index contributed by atoms with van der Waals surface area (Å²) in [6.45, 7) is 12.0. The number of rotatable bonds is 11. The standard InChI is InChI=1S/C30H40N2O3/c1-5-7-8-9-10-11-28(33)22-12-14-26-24(20-22)25-21-23(13-15-27(25)32(26)6-2)29(34)30(3,4)31-16-18-35-19-17-31/h12-15,20-21H,5-11,16-19H2,1-4H3. The first kappa shape index (κ1) is 25.6. The summed E-state index contributed by atoms with van der Waals surface area (Å²) in [5, 5.41) is 2.10. The number of Topliss-reactive ketones (excluding diaryl/α,β-unsaturated/α-hetero) is 2. The van der Waals surface area contributed by atoms with Crippen molar-refractivity contribution in [1.82, 2.24) is 9.47 Å². The molecule has 0 N–H and O–H groups in total. The van der Waals surface area contributed by atoms with Gasteiger partial charge in [-0.3, -0.25) is 14.5 Å². The molecule has 0 amide bonds. The molecule has 188 valence electrons. The Kier molecular flexibility index (Phi) is 8.08. The van der Waals surface area contributed by atoms with Crippen molar-refractivity contribution in [3.63, 3.8) is 0 Å². The number of aryl methyl sites for hydroxylation is 1. The van der Waals surface area contributed by atoms with Gasteiger partial charge in [-0.05, 0) is 63.6 Å². The van der Waals surface area contributed by atoms with Gasteiger partial charge in [0.05, 0.1) is 18.8 Å². The molecule has 4 rings (SSSR count). The maximum Gasteiger partial charge on any atom is 0.182 e. The number of carbonyl (C=O) groups excluding carboxylic acids is 2. The molecule has 0 atom stereocenters. The molecular formula is C30H40N2O3. The number of ketones is 2. The lowest BCUT2D eigenvalue weighted by Crippen LogP contribution is -2.54. The Morgan fingerprint density at radius 1 is 0.857 bits per heavy atom. The Bertz CT molecular complexity index is 1200. The minimum atomic E-state index is -0.598. The zero-order valence-electron chi connectivity index (χ0n) is 21.9. The van der Waals surface area contributed by atoms with Crippen LogP contribution in [0.4, 0.5) is 0 Å². The lowest BCUT2D eigenvalue weighted by atomic mass is 9.90. The molecule has 2 aromatic carbocycles. The van der Waals surface area contributed by atoms with Gasteiger partial charge in [0, 0.05) is 59.0 Å². The number of hydrogen-bond acceptors (Lipinski definition) is 4. The van der Waals surface area contributed by atoms with Crippen molar-refractivity contribution < 1.29 is 14.3 Å². The average molecular weight is 477 g/mol. The quantitative estimate of drug-likeness (QED) is 0.230. The molecule has 0 spiro atoms. The fourth-order valence-electron chi connectivity index (χ4n) is 5.41. The summed E-state index contributed by atoms with van der Waals surface area (Å²) in [7, 11) is 0. The minimum Gasteiger partial charge on any atom is -0.379 e. The van der Waals surface area contributed by atoms with Gasteiger partial charge in [0.15, 0.2) is 11.6 Å². The summed E-state index contributed by atoms with van der Waals surface area (Å²) in [4.78, 5) is 28.8. The predicted molar refractivity (Wildman–Crippen MR) is 144 cm³/mol. The molecule has 5 heteroatoms. The number of benzene rings is 2. The molecule has 3 aromatic rings. The molecular weight excluding hydrogens is 436 g/mol. The van der Waals surface area contributed by atoms with Gasteiger partial charge >= 0.3 is 0 Å². The first-order chi connectivity index (χ1) is 16.9. The molecule has 1 fully saturated rings. The third-order valence-electron chi connectivity index (χ3n) is 7.63. The number of hydrogen-bond donors (Lipinski definition) is 0. The van der Waals surface area contributed by atoms with Gasteiger partial charge in [-0.25, -0.2) is 0 Å². The summed E-state index contributed by atoms with van der Waals surface area (Å²) >= 11 is 0. The molecule has 1 aromatic heterocycles. The van der Waals surface area contributed by atoms with Crippen LogP contribution in [0.3, 0.4) is 0 Å². The van der Waals surface area contributed by atoms with E-state index in [4.69, 9.17) is 4.74 Å². The van der Waals surface area contributed by atoms with E-state index in [1.807, 2.05) is 38.1 Å². The number of aromatic nitrogens is 1. The monoisotopic (exact) mass is 476 g/mol. The van der Waals surface area contributed by atoms with Crippen molar-refractivity contribution >= 4 is 33.4 Å². The van der Waals surface area contributed by atoms with E-state index >= 15 is 0 Å². The van der Waals surface area contributed by atoms with Crippen LogP contribution in [0.5, 0.6) is 0 Å². The van der Waals surface area contributed by atoms with Crippen LogP contribution in [0.1, 0.15) is 86.9 Å². The number of unbranched alkanes of at least 4 members (excludes halogenated alkanes) is 4. The summed E-state index contributed by atoms with van der Waals surface area (Å²) < 4.78 is 7.76. The fraction of sp³-hybridized carbons (Fsp3) is 0.533. The summed E-state index contributed by atoms with van der Waals surface area (Å²) in [6.07, 6.45) is 6.30. The fourth-order valence-corrected chi connectivity index (χ4v) is 5.41. The Balaban J connectivity index is 1.66. The molecule has 1 saturated heterocycles. The highest BCUT2D eigenvalue weighted by molar-refractivity contribution is 6.14. The van der Waals surface area contributed by atoms with Gasteiger partial charge in [-0.15, -0.1) is 0 Å². The smallest absolute Gasteiger partial charge is 0.182 e. The molecule has 0 saturated carbocycles. The normalized spacial score (nSPS) is 15.2. The number of fused-ring (bicyclic) bond motifs is 3. The lowest BCUT2D eigenvalue weighted by Gasteiger charge is -2.39.